The minimum absolute atomic E-state index is 0.145. The molecule has 32 heavy (non-hydrogen) atoms. The summed E-state index contributed by atoms with van der Waals surface area (Å²) in [5, 5.41) is 7.37. The Balaban J connectivity index is 1.74. The highest BCUT2D eigenvalue weighted by Crippen LogP contribution is 2.35. The van der Waals surface area contributed by atoms with Crippen molar-refractivity contribution in [3.8, 4) is 0 Å². The second-order valence-corrected chi connectivity index (χ2v) is 7.88. The van der Waals surface area contributed by atoms with Gasteiger partial charge in [-0.1, -0.05) is 31.2 Å². The lowest BCUT2D eigenvalue weighted by molar-refractivity contribution is -0.137. The quantitative estimate of drug-likeness (QED) is 0.557. The number of aromatic nitrogens is 2. The van der Waals surface area contributed by atoms with Gasteiger partial charge in [-0.05, 0) is 36.7 Å². The zero-order valence-corrected chi connectivity index (χ0v) is 17.5. The standard InChI is InChI=1S/C23H24F3N5O/c1-2-19-30-20-16(21(27)32)7-4-8-17(20)22(31-19)29-18-12-28-10-9-15(18)13-5-3-6-14(11-13)23(24,25)26/h3-8,11,15,18,28H,2,9-10,12H2,1H3,(H2,27,32)(H,29,30,31)/t15-,18?/m1/s1. The second kappa shape index (κ2) is 8.74. The second-order valence-electron chi connectivity index (χ2n) is 7.88. The number of carbonyl (C=O) groups is 1. The van der Waals surface area contributed by atoms with Crippen molar-refractivity contribution in [1.82, 2.24) is 15.3 Å². The summed E-state index contributed by atoms with van der Waals surface area (Å²) in [6.45, 7) is 3.17. The normalized spacial score (nSPS) is 19.1. The van der Waals surface area contributed by atoms with Crippen LogP contribution in [0.15, 0.2) is 42.5 Å². The van der Waals surface area contributed by atoms with Crippen molar-refractivity contribution in [2.45, 2.75) is 37.9 Å². The van der Waals surface area contributed by atoms with Gasteiger partial charge in [-0.25, -0.2) is 9.97 Å². The van der Waals surface area contributed by atoms with Crippen molar-refractivity contribution in [3.63, 3.8) is 0 Å². The average molecular weight is 443 g/mol. The van der Waals surface area contributed by atoms with Crippen LogP contribution >= 0.6 is 0 Å². The van der Waals surface area contributed by atoms with E-state index in [1.807, 2.05) is 6.92 Å². The highest BCUT2D eigenvalue weighted by Gasteiger charge is 2.33. The van der Waals surface area contributed by atoms with E-state index in [0.717, 1.165) is 6.07 Å². The van der Waals surface area contributed by atoms with Crippen LogP contribution < -0.4 is 16.4 Å². The lowest BCUT2D eigenvalue weighted by Crippen LogP contribution is -2.44. The smallest absolute Gasteiger partial charge is 0.366 e. The highest BCUT2D eigenvalue weighted by molar-refractivity contribution is 6.07. The van der Waals surface area contributed by atoms with Gasteiger partial charge >= 0.3 is 6.18 Å². The van der Waals surface area contributed by atoms with Crippen LogP contribution in [0, 0.1) is 0 Å². The Kier molecular flexibility index (Phi) is 6.01. The van der Waals surface area contributed by atoms with E-state index in [1.54, 1.807) is 24.3 Å². The van der Waals surface area contributed by atoms with Gasteiger partial charge in [0.05, 0.1) is 16.6 Å². The molecule has 1 fully saturated rings. The number of primary amides is 1. The van der Waals surface area contributed by atoms with E-state index >= 15 is 0 Å². The number of nitrogens with two attached hydrogens (primary N) is 1. The molecule has 2 aromatic carbocycles. The monoisotopic (exact) mass is 443 g/mol. The zero-order valence-electron chi connectivity index (χ0n) is 17.5. The molecule has 4 N–H and O–H groups in total. The number of fused-ring (bicyclic) bond motifs is 1. The van der Waals surface area contributed by atoms with Crippen LogP contribution in [-0.4, -0.2) is 35.0 Å². The number of nitrogens with zero attached hydrogens (tertiary/aromatic N) is 2. The molecule has 4 rings (SSSR count). The first-order valence-electron chi connectivity index (χ1n) is 10.5. The van der Waals surface area contributed by atoms with Crippen molar-refractivity contribution >= 4 is 22.6 Å². The van der Waals surface area contributed by atoms with Gasteiger partial charge in [-0.2, -0.15) is 13.2 Å². The Labute approximate surface area is 183 Å². The molecule has 1 aliphatic heterocycles. The van der Waals surface area contributed by atoms with Gasteiger partial charge in [-0.15, -0.1) is 0 Å². The molecule has 2 atom stereocenters. The van der Waals surface area contributed by atoms with Gasteiger partial charge in [-0.3, -0.25) is 4.79 Å². The molecule has 0 aliphatic carbocycles. The minimum atomic E-state index is -4.39. The van der Waals surface area contributed by atoms with Crippen LogP contribution in [0.3, 0.4) is 0 Å². The molecular weight excluding hydrogens is 419 g/mol. The Hall–Kier alpha value is -3.20. The maximum Gasteiger partial charge on any atom is 0.416 e. The summed E-state index contributed by atoms with van der Waals surface area (Å²) < 4.78 is 39.8. The number of rotatable bonds is 5. The third-order valence-corrected chi connectivity index (χ3v) is 5.80. The molecule has 2 heterocycles. The molecule has 3 aromatic rings. The summed E-state index contributed by atoms with van der Waals surface area (Å²) in [5.74, 6) is 0.366. The fraction of sp³-hybridized carbons (Fsp3) is 0.348. The highest BCUT2D eigenvalue weighted by atomic mass is 19.4. The molecule has 9 heteroatoms. The summed E-state index contributed by atoms with van der Waals surface area (Å²) >= 11 is 0. The van der Waals surface area contributed by atoms with Crippen molar-refractivity contribution in [2.24, 2.45) is 5.73 Å². The molecular formula is C23H24F3N5O. The molecule has 1 amide bonds. The lowest BCUT2D eigenvalue weighted by atomic mass is 9.85. The van der Waals surface area contributed by atoms with Gasteiger partial charge < -0.3 is 16.4 Å². The molecule has 0 radical (unpaired) electrons. The molecule has 1 saturated heterocycles. The van der Waals surface area contributed by atoms with Crippen LogP contribution in [0.5, 0.6) is 0 Å². The van der Waals surface area contributed by atoms with E-state index in [4.69, 9.17) is 5.73 Å². The van der Waals surface area contributed by atoms with E-state index in [0.29, 0.717) is 59.6 Å². The van der Waals surface area contributed by atoms with Gasteiger partial charge in [0.15, 0.2) is 0 Å². The average Bonchev–Trinajstić information content (AvgIpc) is 2.78. The molecule has 1 aromatic heterocycles. The van der Waals surface area contributed by atoms with Crippen LogP contribution in [0.4, 0.5) is 19.0 Å². The van der Waals surface area contributed by atoms with E-state index in [-0.39, 0.29) is 12.0 Å². The maximum absolute atomic E-state index is 13.3. The number of hydrogen-bond donors (Lipinski definition) is 3. The SMILES string of the molecule is CCc1nc(NC2CNCC[C@@H]2c2cccc(C(F)(F)F)c2)c2cccc(C(N)=O)c2n1. The van der Waals surface area contributed by atoms with Gasteiger partial charge in [0.25, 0.3) is 5.91 Å². The van der Waals surface area contributed by atoms with E-state index in [2.05, 4.69) is 20.6 Å². The number of para-hydroxylation sites is 1. The number of piperidine rings is 1. The number of halogens is 3. The zero-order chi connectivity index (χ0) is 22.9. The van der Waals surface area contributed by atoms with Crippen LogP contribution in [0.25, 0.3) is 10.9 Å². The van der Waals surface area contributed by atoms with Gasteiger partial charge in [0.1, 0.15) is 11.6 Å². The number of nitrogens with one attached hydrogen (secondary N) is 2. The first kappa shape index (κ1) is 22.0. The minimum Gasteiger partial charge on any atom is -0.366 e. The first-order valence-corrected chi connectivity index (χ1v) is 10.5. The molecule has 0 bridgehead atoms. The fourth-order valence-corrected chi connectivity index (χ4v) is 4.20. The number of anilines is 1. The molecule has 0 saturated carbocycles. The van der Waals surface area contributed by atoms with E-state index in [9.17, 15) is 18.0 Å². The third-order valence-electron chi connectivity index (χ3n) is 5.80. The van der Waals surface area contributed by atoms with E-state index in [1.165, 1.54) is 12.1 Å². The number of hydrogen-bond acceptors (Lipinski definition) is 5. The Bertz CT molecular complexity index is 1150. The summed E-state index contributed by atoms with van der Waals surface area (Å²) in [6.07, 6.45) is -3.16. The van der Waals surface area contributed by atoms with Crippen LogP contribution in [0.2, 0.25) is 0 Å². The van der Waals surface area contributed by atoms with Gasteiger partial charge in [0, 0.05) is 30.3 Å². The predicted octanol–water partition coefficient (Wildman–Crippen LogP) is 3.87. The predicted molar refractivity (Wildman–Crippen MR) is 117 cm³/mol. The maximum atomic E-state index is 13.3. The number of benzene rings is 2. The number of carbonyl (C=O) groups excluding carboxylic acids is 1. The topological polar surface area (TPSA) is 92.9 Å². The van der Waals surface area contributed by atoms with Crippen LogP contribution in [0.1, 0.15) is 46.6 Å². The fourth-order valence-electron chi connectivity index (χ4n) is 4.20. The molecule has 1 unspecified atom stereocenters. The molecule has 6 nitrogen and oxygen atoms in total. The lowest BCUT2D eigenvalue weighted by Gasteiger charge is -2.34. The number of alkyl halides is 3. The number of amides is 1. The molecule has 1 aliphatic rings. The largest absolute Gasteiger partial charge is 0.416 e. The van der Waals surface area contributed by atoms with Gasteiger partial charge in [0.2, 0.25) is 0 Å². The number of aryl methyl sites for hydroxylation is 1. The summed E-state index contributed by atoms with van der Waals surface area (Å²) in [4.78, 5) is 21.0. The Morgan fingerprint density at radius 1 is 1.22 bits per heavy atom. The Morgan fingerprint density at radius 3 is 2.72 bits per heavy atom. The molecule has 168 valence electrons. The summed E-state index contributed by atoms with van der Waals surface area (Å²) in [5.41, 5.74) is 6.28. The van der Waals surface area contributed by atoms with Crippen LogP contribution in [-0.2, 0) is 12.6 Å². The summed E-state index contributed by atoms with van der Waals surface area (Å²) in [6, 6.07) is 10.4. The van der Waals surface area contributed by atoms with E-state index < -0.39 is 17.6 Å². The summed E-state index contributed by atoms with van der Waals surface area (Å²) in [7, 11) is 0. The van der Waals surface area contributed by atoms with Crippen molar-refractivity contribution in [1.29, 1.82) is 0 Å². The third kappa shape index (κ3) is 4.38. The van der Waals surface area contributed by atoms with Crippen molar-refractivity contribution in [2.75, 3.05) is 18.4 Å². The first-order chi connectivity index (χ1) is 15.3. The molecule has 0 spiro atoms. The van der Waals surface area contributed by atoms with Crippen molar-refractivity contribution in [3.05, 3.63) is 65.0 Å². The Morgan fingerprint density at radius 2 is 2.00 bits per heavy atom. The van der Waals surface area contributed by atoms with Crippen molar-refractivity contribution < 1.29 is 18.0 Å².